The van der Waals surface area contributed by atoms with Gasteiger partial charge in [-0.25, -0.2) is 5.10 Å². The van der Waals surface area contributed by atoms with Crippen LogP contribution in [-0.2, 0) is 17.4 Å². The number of nitrogens with one attached hydrogen (secondary N) is 1. The van der Waals surface area contributed by atoms with Crippen molar-refractivity contribution in [2.45, 2.75) is 59.0 Å². The molecule has 0 saturated heterocycles. The number of H-pyrrole nitrogens is 1. The maximum absolute atomic E-state index is 10.7. The number of aromatic nitrogens is 2. The van der Waals surface area contributed by atoms with Crippen LogP contribution in [0.15, 0.2) is 16.5 Å². The van der Waals surface area contributed by atoms with Gasteiger partial charge in [0.15, 0.2) is 6.61 Å². The van der Waals surface area contributed by atoms with Gasteiger partial charge >= 0.3 is 0 Å². The first-order chi connectivity index (χ1) is 10.5. The lowest BCUT2D eigenvalue weighted by atomic mass is 9.79. The highest BCUT2D eigenvalue weighted by molar-refractivity contribution is 7.71. The number of aromatic hydroxyl groups is 1. The SMILES string of the molecule is CC(C)(C)c1cc(OCc2n[nH]c(=S)o2)cc(C(C)(C)C)c1O. The summed E-state index contributed by atoms with van der Waals surface area (Å²) < 4.78 is 11.0. The minimum atomic E-state index is -0.200. The standard InChI is InChI=1S/C17H24N2O3S/c1-16(2,3)11-7-10(8-12(14(11)20)17(4,5)6)21-9-13-18-19-15(23)22-13/h7-8,20H,9H2,1-6H3,(H,19,23). The van der Waals surface area contributed by atoms with Crippen LogP contribution in [0.1, 0.15) is 58.6 Å². The Morgan fingerprint density at radius 2 is 1.65 bits per heavy atom. The van der Waals surface area contributed by atoms with Gasteiger partial charge in [-0.05, 0) is 35.2 Å². The third-order valence-corrected chi connectivity index (χ3v) is 3.72. The Bertz CT molecular complexity index is 713. The van der Waals surface area contributed by atoms with Crippen molar-refractivity contribution >= 4 is 12.2 Å². The number of rotatable bonds is 3. The van der Waals surface area contributed by atoms with E-state index in [0.29, 0.717) is 17.4 Å². The number of benzene rings is 1. The molecule has 0 aliphatic rings. The van der Waals surface area contributed by atoms with Crippen molar-refractivity contribution in [3.8, 4) is 11.5 Å². The average Bonchev–Trinajstić information content (AvgIpc) is 2.80. The van der Waals surface area contributed by atoms with Crippen molar-refractivity contribution in [2.24, 2.45) is 0 Å². The summed E-state index contributed by atoms with van der Waals surface area (Å²) in [5, 5.41) is 17.2. The van der Waals surface area contributed by atoms with Crippen LogP contribution in [0, 0.1) is 4.84 Å². The van der Waals surface area contributed by atoms with Gasteiger partial charge in [-0.15, -0.1) is 5.10 Å². The molecule has 2 N–H and O–H groups in total. The van der Waals surface area contributed by atoms with E-state index in [4.69, 9.17) is 21.4 Å². The zero-order chi connectivity index (χ0) is 17.4. The van der Waals surface area contributed by atoms with E-state index < -0.39 is 0 Å². The summed E-state index contributed by atoms with van der Waals surface area (Å²) >= 11 is 4.85. The van der Waals surface area contributed by atoms with E-state index in [1.165, 1.54) is 0 Å². The van der Waals surface area contributed by atoms with Crippen molar-refractivity contribution in [2.75, 3.05) is 0 Å². The highest BCUT2D eigenvalue weighted by Gasteiger charge is 2.27. The smallest absolute Gasteiger partial charge is 0.284 e. The number of ether oxygens (including phenoxy) is 1. The second-order valence-electron chi connectivity index (χ2n) is 7.66. The van der Waals surface area contributed by atoms with Crippen LogP contribution in [0.4, 0.5) is 0 Å². The largest absolute Gasteiger partial charge is 0.507 e. The van der Waals surface area contributed by atoms with Gasteiger partial charge < -0.3 is 14.3 Å². The molecule has 0 fully saturated rings. The molecule has 2 rings (SSSR count). The highest BCUT2D eigenvalue weighted by atomic mass is 32.1. The zero-order valence-corrected chi connectivity index (χ0v) is 15.3. The molecule has 1 heterocycles. The second kappa shape index (κ2) is 6.00. The van der Waals surface area contributed by atoms with E-state index in [9.17, 15) is 5.11 Å². The molecule has 0 bridgehead atoms. The summed E-state index contributed by atoms with van der Waals surface area (Å²) in [6.07, 6.45) is 0. The van der Waals surface area contributed by atoms with Crippen molar-refractivity contribution in [1.82, 2.24) is 10.2 Å². The van der Waals surface area contributed by atoms with Crippen LogP contribution in [-0.4, -0.2) is 15.3 Å². The highest BCUT2D eigenvalue weighted by Crippen LogP contribution is 2.41. The van der Waals surface area contributed by atoms with Gasteiger partial charge in [-0.2, -0.15) is 0 Å². The van der Waals surface area contributed by atoms with E-state index in [1.54, 1.807) is 0 Å². The van der Waals surface area contributed by atoms with E-state index in [0.717, 1.165) is 11.1 Å². The van der Waals surface area contributed by atoms with Gasteiger partial charge in [0.25, 0.3) is 10.7 Å². The Morgan fingerprint density at radius 1 is 1.13 bits per heavy atom. The molecular weight excluding hydrogens is 312 g/mol. The Kier molecular flexibility index (Phi) is 4.57. The first kappa shape index (κ1) is 17.5. The molecule has 126 valence electrons. The molecule has 0 saturated carbocycles. The van der Waals surface area contributed by atoms with Crippen LogP contribution in [0.3, 0.4) is 0 Å². The van der Waals surface area contributed by atoms with E-state index in [2.05, 4.69) is 51.7 Å². The predicted molar refractivity (Wildman–Crippen MR) is 91.5 cm³/mol. The zero-order valence-electron chi connectivity index (χ0n) is 14.5. The van der Waals surface area contributed by atoms with Gasteiger partial charge in [0.2, 0.25) is 0 Å². The van der Waals surface area contributed by atoms with Gasteiger partial charge in [-0.3, -0.25) is 0 Å². The van der Waals surface area contributed by atoms with Crippen LogP contribution >= 0.6 is 12.2 Å². The molecule has 23 heavy (non-hydrogen) atoms. The van der Waals surface area contributed by atoms with Gasteiger partial charge in [0, 0.05) is 11.1 Å². The number of hydrogen-bond acceptors (Lipinski definition) is 5. The van der Waals surface area contributed by atoms with Gasteiger partial charge in [0.1, 0.15) is 11.5 Å². The topological polar surface area (TPSA) is 71.3 Å². The normalized spacial score (nSPS) is 12.4. The molecule has 6 heteroatoms. The van der Waals surface area contributed by atoms with Crippen LogP contribution < -0.4 is 4.74 Å². The monoisotopic (exact) mass is 336 g/mol. The summed E-state index contributed by atoms with van der Waals surface area (Å²) in [4.78, 5) is 0.222. The van der Waals surface area contributed by atoms with Gasteiger partial charge in [-0.1, -0.05) is 41.5 Å². The summed E-state index contributed by atoms with van der Waals surface area (Å²) in [6.45, 7) is 12.5. The minimum absolute atomic E-state index is 0.172. The van der Waals surface area contributed by atoms with Crippen LogP contribution in [0.25, 0.3) is 0 Å². The lowest BCUT2D eigenvalue weighted by molar-refractivity contribution is 0.259. The van der Waals surface area contributed by atoms with Crippen molar-refractivity contribution in [3.05, 3.63) is 34.0 Å². The Morgan fingerprint density at radius 3 is 2.04 bits per heavy atom. The first-order valence-electron chi connectivity index (χ1n) is 7.53. The molecule has 0 spiro atoms. The van der Waals surface area contributed by atoms with Crippen LogP contribution in [0.5, 0.6) is 11.5 Å². The van der Waals surface area contributed by atoms with Crippen molar-refractivity contribution < 1.29 is 14.3 Å². The molecule has 1 aromatic carbocycles. The third kappa shape index (κ3) is 4.13. The predicted octanol–water partition coefficient (Wildman–Crippen LogP) is 4.61. The van der Waals surface area contributed by atoms with Crippen molar-refractivity contribution in [1.29, 1.82) is 0 Å². The number of nitrogens with zero attached hydrogens (tertiary/aromatic N) is 1. The summed E-state index contributed by atoms with van der Waals surface area (Å²) in [5.74, 6) is 1.38. The molecule has 0 unspecified atom stereocenters. The number of phenols is 1. The van der Waals surface area contributed by atoms with Crippen LogP contribution in [0.2, 0.25) is 0 Å². The third-order valence-electron chi connectivity index (χ3n) is 3.54. The fourth-order valence-electron chi connectivity index (χ4n) is 2.30. The number of aromatic amines is 1. The molecule has 5 nitrogen and oxygen atoms in total. The molecule has 1 aromatic heterocycles. The maximum atomic E-state index is 10.7. The summed E-state index contributed by atoms with van der Waals surface area (Å²) in [5.41, 5.74) is 1.30. The Hall–Kier alpha value is -1.82. The summed E-state index contributed by atoms with van der Waals surface area (Å²) in [6, 6.07) is 3.73. The fraction of sp³-hybridized carbons (Fsp3) is 0.529. The second-order valence-corrected chi connectivity index (χ2v) is 8.03. The molecule has 0 aliphatic heterocycles. The quantitative estimate of drug-likeness (QED) is 0.801. The molecule has 0 atom stereocenters. The molecular formula is C17H24N2O3S. The van der Waals surface area contributed by atoms with E-state index in [1.807, 2.05) is 12.1 Å². The summed E-state index contributed by atoms with van der Waals surface area (Å²) in [7, 11) is 0. The lowest BCUT2D eigenvalue weighted by Crippen LogP contribution is -2.17. The lowest BCUT2D eigenvalue weighted by Gasteiger charge is -2.28. The van der Waals surface area contributed by atoms with E-state index in [-0.39, 0.29) is 22.3 Å². The first-order valence-corrected chi connectivity index (χ1v) is 7.94. The molecule has 2 aromatic rings. The maximum Gasteiger partial charge on any atom is 0.284 e. The molecule has 0 aliphatic carbocycles. The number of phenolic OH excluding ortho intramolecular Hbond substituents is 1. The minimum Gasteiger partial charge on any atom is -0.507 e. The van der Waals surface area contributed by atoms with Gasteiger partial charge in [0.05, 0.1) is 0 Å². The van der Waals surface area contributed by atoms with Crippen molar-refractivity contribution in [3.63, 3.8) is 0 Å². The molecule has 0 amide bonds. The Labute approximate surface area is 141 Å². The van der Waals surface area contributed by atoms with E-state index >= 15 is 0 Å². The molecule has 0 radical (unpaired) electrons. The number of hydrogen-bond donors (Lipinski definition) is 2. The fourth-order valence-corrected chi connectivity index (χ4v) is 2.44. The average molecular weight is 336 g/mol. The Balaban J connectivity index is 2.41.